The zero-order valence-corrected chi connectivity index (χ0v) is 10.5. The monoisotopic (exact) mass is 244 g/mol. The molecule has 0 aliphatic carbocycles. The van der Waals surface area contributed by atoms with E-state index >= 15 is 0 Å². The van der Waals surface area contributed by atoms with Gasteiger partial charge in [0.15, 0.2) is 0 Å². The largest absolute Gasteiger partial charge is 0.394 e. The Morgan fingerprint density at radius 3 is 2.24 bits per heavy atom. The lowest BCUT2D eigenvalue weighted by atomic mass is 10.3. The first-order valence-electron chi connectivity index (χ1n) is 6.22. The van der Waals surface area contributed by atoms with Gasteiger partial charge in [-0.1, -0.05) is 6.58 Å². The van der Waals surface area contributed by atoms with Crippen molar-refractivity contribution in [2.75, 3.05) is 65.8 Å². The molecule has 17 heavy (non-hydrogen) atoms. The summed E-state index contributed by atoms with van der Waals surface area (Å²) < 4.78 is 10.6. The molecule has 1 fully saturated rings. The lowest BCUT2D eigenvalue weighted by Gasteiger charge is -2.33. The highest BCUT2D eigenvalue weighted by atomic mass is 16.5. The van der Waals surface area contributed by atoms with Crippen molar-refractivity contribution in [1.82, 2.24) is 9.80 Å². The zero-order valence-electron chi connectivity index (χ0n) is 10.5. The zero-order chi connectivity index (χ0) is 12.3. The fraction of sp³-hybridized carbons (Fsp3) is 0.833. The SMILES string of the molecule is C=CN1CCN(CCOCCOCCO)CC1. The Balaban J connectivity index is 1.88. The highest BCUT2D eigenvalue weighted by Crippen LogP contribution is 2.00. The van der Waals surface area contributed by atoms with Crippen LogP contribution in [0.25, 0.3) is 0 Å². The fourth-order valence-corrected chi connectivity index (χ4v) is 1.75. The van der Waals surface area contributed by atoms with Crippen molar-refractivity contribution < 1.29 is 14.6 Å². The number of piperazine rings is 1. The summed E-state index contributed by atoms with van der Waals surface area (Å²) >= 11 is 0. The van der Waals surface area contributed by atoms with Crippen molar-refractivity contribution in [2.24, 2.45) is 0 Å². The second-order valence-electron chi connectivity index (χ2n) is 4.01. The quantitative estimate of drug-likeness (QED) is 0.568. The lowest BCUT2D eigenvalue weighted by Crippen LogP contribution is -2.45. The summed E-state index contributed by atoms with van der Waals surface area (Å²) in [4.78, 5) is 4.63. The molecular weight excluding hydrogens is 220 g/mol. The van der Waals surface area contributed by atoms with Crippen molar-refractivity contribution >= 4 is 0 Å². The number of ether oxygens (including phenoxy) is 2. The third-order valence-corrected chi connectivity index (χ3v) is 2.82. The number of aliphatic hydroxyl groups is 1. The van der Waals surface area contributed by atoms with E-state index in [1.807, 2.05) is 6.20 Å². The van der Waals surface area contributed by atoms with Gasteiger partial charge in [0.2, 0.25) is 0 Å². The minimum absolute atomic E-state index is 0.0770. The van der Waals surface area contributed by atoms with Crippen LogP contribution in [-0.4, -0.2) is 80.7 Å². The summed E-state index contributed by atoms with van der Waals surface area (Å²) in [6, 6.07) is 0. The molecule has 0 bridgehead atoms. The molecule has 0 amide bonds. The van der Waals surface area contributed by atoms with Gasteiger partial charge in [0.1, 0.15) is 0 Å². The second-order valence-corrected chi connectivity index (χ2v) is 4.01. The Kier molecular flexibility index (Phi) is 8.00. The summed E-state index contributed by atoms with van der Waals surface area (Å²) in [5, 5.41) is 8.50. The molecule has 0 unspecified atom stereocenters. The number of hydrogen-bond acceptors (Lipinski definition) is 5. The summed E-state index contributed by atoms with van der Waals surface area (Å²) in [5.41, 5.74) is 0. The van der Waals surface area contributed by atoms with Gasteiger partial charge in [-0.05, 0) is 6.20 Å². The van der Waals surface area contributed by atoms with Crippen LogP contribution >= 0.6 is 0 Å². The van der Waals surface area contributed by atoms with Gasteiger partial charge in [-0.2, -0.15) is 0 Å². The van der Waals surface area contributed by atoms with E-state index in [2.05, 4.69) is 16.4 Å². The summed E-state index contributed by atoms with van der Waals surface area (Å²) in [6.07, 6.45) is 1.91. The molecule has 0 spiro atoms. The molecule has 1 aliphatic heterocycles. The van der Waals surface area contributed by atoms with Crippen LogP contribution in [0.2, 0.25) is 0 Å². The molecule has 0 radical (unpaired) electrons. The highest BCUT2D eigenvalue weighted by molar-refractivity contribution is 4.78. The minimum Gasteiger partial charge on any atom is -0.394 e. The Bertz CT molecular complexity index is 194. The molecule has 5 nitrogen and oxygen atoms in total. The van der Waals surface area contributed by atoms with Crippen molar-refractivity contribution in [3.63, 3.8) is 0 Å². The van der Waals surface area contributed by atoms with Gasteiger partial charge in [0, 0.05) is 32.7 Å². The fourth-order valence-electron chi connectivity index (χ4n) is 1.75. The van der Waals surface area contributed by atoms with E-state index in [1.165, 1.54) is 0 Å². The van der Waals surface area contributed by atoms with Gasteiger partial charge in [-0.15, -0.1) is 0 Å². The molecule has 0 atom stereocenters. The smallest absolute Gasteiger partial charge is 0.0701 e. The van der Waals surface area contributed by atoms with Gasteiger partial charge < -0.3 is 19.5 Å². The van der Waals surface area contributed by atoms with Crippen LogP contribution < -0.4 is 0 Å². The van der Waals surface area contributed by atoms with Crippen LogP contribution in [0.1, 0.15) is 0 Å². The van der Waals surface area contributed by atoms with Crippen LogP contribution in [0, 0.1) is 0 Å². The van der Waals surface area contributed by atoms with E-state index < -0.39 is 0 Å². The van der Waals surface area contributed by atoms with E-state index in [9.17, 15) is 0 Å². The first-order chi connectivity index (χ1) is 8.36. The highest BCUT2D eigenvalue weighted by Gasteiger charge is 2.13. The standard InChI is InChI=1S/C12H24N2O3/c1-2-13-3-5-14(6-4-13)7-9-16-11-12-17-10-8-15/h2,15H,1,3-12H2. The Hall–Kier alpha value is -0.620. The van der Waals surface area contributed by atoms with Crippen LogP contribution in [0.15, 0.2) is 12.8 Å². The second kappa shape index (κ2) is 9.41. The molecule has 5 heteroatoms. The van der Waals surface area contributed by atoms with E-state index in [0.29, 0.717) is 19.8 Å². The molecule has 1 rings (SSSR count). The molecule has 0 aromatic heterocycles. The van der Waals surface area contributed by atoms with Gasteiger partial charge in [-0.3, -0.25) is 4.90 Å². The third-order valence-electron chi connectivity index (χ3n) is 2.82. The topological polar surface area (TPSA) is 45.2 Å². The Morgan fingerprint density at radius 1 is 1.00 bits per heavy atom. The van der Waals surface area contributed by atoms with Gasteiger partial charge in [-0.25, -0.2) is 0 Å². The predicted molar refractivity (Wildman–Crippen MR) is 66.9 cm³/mol. The Labute approximate surface area is 104 Å². The summed E-state index contributed by atoms with van der Waals surface area (Å²) in [7, 11) is 0. The summed E-state index contributed by atoms with van der Waals surface area (Å²) in [5.74, 6) is 0. The molecule has 1 N–H and O–H groups in total. The Morgan fingerprint density at radius 2 is 1.65 bits per heavy atom. The van der Waals surface area contributed by atoms with Crippen molar-refractivity contribution in [3.8, 4) is 0 Å². The van der Waals surface area contributed by atoms with Crippen LogP contribution in [0.5, 0.6) is 0 Å². The molecule has 0 saturated carbocycles. The lowest BCUT2D eigenvalue weighted by molar-refractivity contribution is 0.0234. The molecule has 1 heterocycles. The molecular formula is C12H24N2O3. The predicted octanol–water partition coefficient (Wildman–Crippen LogP) is -0.227. The molecule has 100 valence electrons. The average Bonchev–Trinajstić information content (AvgIpc) is 2.38. The molecule has 1 saturated heterocycles. The van der Waals surface area contributed by atoms with Crippen molar-refractivity contribution in [2.45, 2.75) is 0 Å². The van der Waals surface area contributed by atoms with E-state index in [1.54, 1.807) is 0 Å². The van der Waals surface area contributed by atoms with Gasteiger partial charge >= 0.3 is 0 Å². The first-order valence-corrected chi connectivity index (χ1v) is 6.22. The van der Waals surface area contributed by atoms with Crippen LogP contribution in [-0.2, 0) is 9.47 Å². The van der Waals surface area contributed by atoms with Crippen LogP contribution in [0.3, 0.4) is 0 Å². The maximum Gasteiger partial charge on any atom is 0.0701 e. The normalized spacial score (nSPS) is 17.4. The number of aliphatic hydroxyl groups excluding tert-OH is 1. The van der Waals surface area contributed by atoms with E-state index in [-0.39, 0.29) is 6.61 Å². The number of rotatable bonds is 9. The molecule has 1 aliphatic rings. The number of hydrogen-bond donors (Lipinski definition) is 1. The maximum atomic E-state index is 8.50. The maximum absolute atomic E-state index is 8.50. The van der Waals surface area contributed by atoms with Gasteiger partial charge in [0.05, 0.1) is 33.0 Å². The van der Waals surface area contributed by atoms with E-state index in [0.717, 1.165) is 39.3 Å². The third kappa shape index (κ3) is 6.63. The van der Waals surface area contributed by atoms with Gasteiger partial charge in [0.25, 0.3) is 0 Å². The average molecular weight is 244 g/mol. The van der Waals surface area contributed by atoms with E-state index in [4.69, 9.17) is 14.6 Å². The summed E-state index contributed by atoms with van der Waals surface area (Å²) in [6.45, 7) is 11.4. The van der Waals surface area contributed by atoms with Crippen LogP contribution in [0.4, 0.5) is 0 Å². The number of nitrogens with zero attached hydrogens (tertiary/aromatic N) is 2. The molecule has 0 aromatic rings. The van der Waals surface area contributed by atoms with Crippen molar-refractivity contribution in [1.29, 1.82) is 0 Å². The minimum atomic E-state index is 0.0770. The first kappa shape index (κ1) is 14.4. The van der Waals surface area contributed by atoms with Crippen molar-refractivity contribution in [3.05, 3.63) is 12.8 Å². The molecule has 0 aromatic carbocycles.